The lowest BCUT2D eigenvalue weighted by Gasteiger charge is -2.06. The number of nitrogens with zero attached hydrogens (tertiary/aromatic N) is 2. The van der Waals surface area contributed by atoms with Crippen molar-refractivity contribution in [2.75, 3.05) is 5.75 Å². The Labute approximate surface area is 179 Å². The number of thioether (sulfide) groups is 1. The van der Waals surface area contributed by atoms with Gasteiger partial charge in [-0.2, -0.15) is 0 Å². The Kier molecular flexibility index (Phi) is 7.34. The molecule has 2 N–H and O–H groups in total. The highest BCUT2D eigenvalue weighted by molar-refractivity contribution is 7.99. The van der Waals surface area contributed by atoms with Crippen LogP contribution in [0.3, 0.4) is 0 Å². The van der Waals surface area contributed by atoms with Gasteiger partial charge in [-0.3, -0.25) is 20.4 Å². The monoisotopic (exact) mass is 452 g/mol. The molecule has 11 heteroatoms. The molecule has 0 saturated carbocycles. The Morgan fingerprint density at radius 2 is 1.62 bits per heavy atom. The molecular formula is C18H14Cl2N4O4S. The van der Waals surface area contributed by atoms with E-state index in [9.17, 15) is 9.59 Å². The summed E-state index contributed by atoms with van der Waals surface area (Å²) in [6.45, 7) is 0.0819. The van der Waals surface area contributed by atoms with Crippen LogP contribution < -0.4 is 15.6 Å². The molecule has 0 atom stereocenters. The van der Waals surface area contributed by atoms with Crippen LogP contribution in [0.15, 0.2) is 58.2 Å². The number of amides is 2. The zero-order valence-electron chi connectivity index (χ0n) is 14.7. The summed E-state index contributed by atoms with van der Waals surface area (Å²) in [5.41, 5.74) is 4.98. The molecule has 3 aromatic rings. The number of nitrogens with one attached hydrogen (secondary N) is 2. The maximum Gasteiger partial charge on any atom is 0.277 e. The fourth-order valence-corrected chi connectivity index (χ4v) is 2.83. The van der Waals surface area contributed by atoms with Crippen molar-refractivity contribution in [3.05, 3.63) is 70.0 Å². The molecule has 8 nitrogen and oxygen atoms in total. The smallest absolute Gasteiger partial charge is 0.277 e. The Morgan fingerprint density at radius 1 is 0.966 bits per heavy atom. The van der Waals surface area contributed by atoms with Crippen LogP contribution in [0.1, 0.15) is 16.2 Å². The number of aromatic nitrogens is 2. The Balaban J connectivity index is 1.39. The van der Waals surface area contributed by atoms with Crippen molar-refractivity contribution in [2.24, 2.45) is 0 Å². The standard InChI is InChI=1S/C18H14Cl2N4O4S/c19-12-3-1-11(2-4-12)17(26)23-21-15(25)10-29-18-24-22-16(28-18)9-27-14-7-5-13(20)6-8-14/h1-8H,9-10H2,(H,21,25)(H,23,26). The number of carbonyl (C=O) groups is 2. The molecule has 2 amide bonds. The number of rotatable bonds is 7. The second-order valence-corrected chi connectivity index (χ2v) is 7.30. The summed E-state index contributed by atoms with van der Waals surface area (Å²) >= 11 is 12.6. The van der Waals surface area contributed by atoms with Crippen LogP contribution in [0.5, 0.6) is 5.75 Å². The van der Waals surface area contributed by atoms with Gasteiger partial charge in [0.1, 0.15) is 5.75 Å². The lowest BCUT2D eigenvalue weighted by atomic mass is 10.2. The second kappa shape index (κ2) is 10.1. The minimum Gasteiger partial charge on any atom is -0.484 e. The van der Waals surface area contributed by atoms with Crippen LogP contribution >= 0.6 is 35.0 Å². The minimum atomic E-state index is -0.459. The number of hydrogen-bond donors (Lipinski definition) is 2. The van der Waals surface area contributed by atoms with E-state index in [1.165, 1.54) is 0 Å². The van der Waals surface area contributed by atoms with E-state index in [2.05, 4.69) is 21.0 Å². The molecule has 150 valence electrons. The van der Waals surface area contributed by atoms with E-state index < -0.39 is 11.8 Å². The van der Waals surface area contributed by atoms with Gasteiger partial charge in [0, 0.05) is 15.6 Å². The maximum atomic E-state index is 11.9. The normalized spacial score (nSPS) is 10.4. The third kappa shape index (κ3) is 6.67. The van der Waals surface area contributed by atoms with Crippen LogP contribution in [0.25, 0.3) is 0 Å². The van der Waals surface area contributed by atoms with Gasteiger partial charge < -0.3 is 9.15 Å². The average molecular weight is 453 g/mol. The molecule has 1 aromatic heterocycles. The summed E-state index contributed by atoms with van der Waals surface area (Å²) in [5, 5.41) is 9.01. The van der Waals surface area contributed by atoms with E-state index in [-0.39, 0.29) is 23.5 Å². The van der Waals surface area contributed by atoms with Gasteiger partial charge in [0.2, 0.25) is 5.91 Å². The molecule has 0 aliphatic rings. The van der Waals surface area contributed by atoms with Gasteiger partial charge >= 0.3 is 0 Å². The van der Waals surface area contributed by atoms with Crippen LogP contribution in [0, 0.1) is 0 Å². The number of halogens is 2. The molecule has 0 aliphatic carbocycles. The van der Waals surface area contributed by atoms with Gasteiger partial charge in [-0.1, -0.05) is 35.0 Å². The Morgan fingerprint density at radius 3 is 2.31 bits per heavy atom. The number of benzene rings is 2. The lowest BCUT2D eigenvalue weighted by molar-refractivity contribution is -0.119. The molecule has 1 heterocycles. The fraction of sp³-hybridized carbons (Fsp3) is 0.111. The topological polar surface area (TPSA) is 106 Å². The number of hydrazine groups is 1. The van der Waals surface area contributed by atoms with E-state index in [4.69, 9.17) is 32.4 Å². The Hall–Kier alpha value is -2.75. The van der Waals surface area contributed by atoms with Crippen LogP contribution in [-0.4, -0.2) is 27.8 Å². The molecule has 0 saturated heterocycles. The van der Waals surface area contributed by atoms with Crippen LogP contribution in [-0.2, 0) is 11.4 Å². The largest absolute Gasteiger partial charge is 0.484 e. The molecule has 0 spiro atoms. The molecule has 0 aliphatic heterocycles. The highest BCUT2D eigenvalue weighted by Gasteiger charge is 2.12. The predicted octanol–water partition coefficient (Wildman–Crippen LogP) is 3.51. The van der Waals surface area contributed by atoms with Crippen molar-refractivity contribution < 1.29 is 18.7 Å². The van der Waals surface area contributed by atoms with E-state index in [1.807, 2.05) is 0 Å². The van der Waals surface area contributed by atoms with Crippen molar-refractivity contribution in [3.8, 4) is 5.75 Å². The first-order chi connectivity index (χ1) is 14.0. The van der Waals surface area contributed by atoms with Crippen molar-refractivity contribution in [3.63, 3.8) is 0 Å². The number of hydrogen-bond acceptors (Lipinski definition) is 7. The first-order valence-electron chi connectivity index (χ1n) is 8.18. The number of ether oxygens (including phenoxy) is 1. The van der Waals surface area contributed by atoms with Gasteiger partial charge in [0.05, 0.1) is 5.75 Å². The van der Waals surface area contributed by atoms with Crippen molar-refractivity contribution >= 4 is 46.8 Å². The first kappa shape index (κ1) is 21.0. The summed E-state index contributed by atoms with van der Waals surface area (Å²) < 4.78 is 10.9. The first-order valence-corrected chi connectivity index (χ1v) is 9.92. The molecule has 2 aromatic carbocycles. The predicted molar refractivity (Wildman–Crippen MR) is 108 cm³/mol. The molecule has 0 fully saturated rings. The van der Waals surface area contributed by atoms with Gasteiger partial charge in [-0.05, 0) is 48.5 Å². The van der Waals surface area contributed by atoms with Gasteiger partial charge in [0.15, 0.2) is 6.61 Å². The minimum absolute atomic E-state index is 0.0272. The highest BCUT2D eigenvalue weighted by Crippen LogP contribution is 2.19. The molecular weight excluding hydrogens is 439 g/mol. The molecule has 29 heavy (non-hydrogen) atoms. The van der Waals surface area contributed by atoms with Crippen LogP contribution in [0.4, 0.5) is 0 Å². The number of carbonyl (C=O) groups excluding carboxylic acids is 2. The van der Waals surface area contributed by atoms with Gasteiger partial charge in [0.25, 0.3) is 17.0 Å². The summed E-state index contributed by atoms with van der Waals surface area (Å²) in [6.07, 6.45) is 0. The van der Waals surface area contributed by atoms with Gasteiger partial charge in [-0.25, -0.2) is 0 Å². The van der Waals surface area contributed by atoms with E-state index >= 15 is 0 Å². The zero-order chi connectivity index (χ0) is 20.6. The SMILES string of the molecule is O=C(CSc1nnc(COc2ccc(Cl)cc2)o1)NNC(=O)c1ccc(Cl)cc1. The third-order valence-corrected chi connectivity index (χ3v) is 4.70. The molecule has 3 rings (SSSR count). The maximum absolute atomic E-state index is 11.9. The second-order valence-electron chi connectivity index (χ2n) is 5.50. The molecule has 0 radical (unpaired) electrons. The summed E-state index contributed by atoms with van der Waals surface area (Å²) in [4.78, 5) is 23.8. The van der Waals surface area contributed by atoms with E-state index in [0.29, 0.717) is 21.4 Å². The lowest BCUT2D eigenvalue weighted by Crippen LogP contribution is -2.42. The highest BCUT2D eigenvalue weighted by atomic mass is 35.5. The summed E-state index contributed by atoms with van der Waals surface area (Å²) in [5.74, 6) is -0.0500. The van der Waals surface area contributed by atoms with E-state index in [1.54, 1.807) is 48.5 Å². The Bertz CT molecular complexity index is 980. The summed E-state index contributed by atoms with van der Waals surface area (Å²) in [6, 6.07) is 13.1. The molecule has 0 unspecified atom stereocenters. The zero-order valence-corrected chi connectivity index (χ0v) is 17.1. The van der Waals surface area contributed by atoms with Gasteiger partial charge in [-0.15, -0.1) is 10.2 Å². The van der Waals surface area contributed by atoms with E-state index in [0.717, 1.165) is 11.8 Å². The molecule has 0 bridgehead atoms. The third-order valence-electron chi connectivity index (χ3n) is 3.37. The van der Waals surface area contributed by atoms with Crippen molar-refractivity contribution in [2.45, 2.75) is 11.8 Å². The van der Waals surface area contributed by atoms with Crippen LogP contribution in [0.2, 0.25) is 10.0 Å². The quantitative estimate of drug-likeness (QED) is 0.417. The fourth-order valence-electron chi connectivity index (χ4n) is 1.99. The average Bonchev–Trinajstić information content (AvgIpc) is 3.18. The van der Waals surface area contributed by atoms with Crippen molar-refractivity contribution in [1.29, 1.82) is 0 Å². The summed E-state index contributed by atoms with van der Waals surface area (Å²) in [7, 11) is 0. The van der Waals surface area contributed by atoms with Crippen molar-refractivity contribution in [1.82, 2.24) is 21.0 Å².